The monoisotopic (exact) mass is 250 g/mol. The number of non-ortho nitro benzene ring substituents is 1. The molecule has 6 nitrogen and oxygen atoms in total. The molecule has 0 radical (unpaired) electrons. The molecule has 1 heterocycles. The fourth-order valence-corrected chi connectivity index (χ4v) is 2.32. The third-order valence-corrected chi connectivity index (χ3v) is 3.26. The van der Waals surface area contributed by atoms with E-state index in [0.29, 0.717) is 13.0 Å². The molecule has 0 aromatic heterocycles. The van der Waals surface area contributed by atoms with Crippen LogP contribution in [-0.2, 0) is 11.2 Å². The Hall–Kier alpha value is -1.95. The van der Waals surface area contributed by atoms with Gasteiger partial charge in [-0.3, -0.25) is 14.9 Å². The lowest BCUT2D eigenvalue weighted by Gasteiger charge is -2.15. The smallest absolute Gasteiger partial charge is 0.320 e. The van der Waals surface area contributed by atoms with E-state index in [-0.39, 0.29) is 11.6 Å². The number of nitrogens with zero attached hydrogens (tertiary/aromatic N) is 1. The maximum absolute atomic E-state index is 11.0. The average molecular weight is 250 g/mol. The van der Waals surface area contributed by atoms with Crippen molar-refractivity contribution in [2.45, 2.75) is 18.9 Å². The quantitative estimate of drug-likeness (QED) is 0.618. The first-order valence-electron chi connectivity index (χ1n) is 5.77. The molecular weight excluding hydrogens is 236 g/mol. The Labute approximate surface area is 104 Å². The van der Waals surface area contributed by atoms with E-state index in [2.05, 4.69) is 5.32 Å². The Bertz CT molecular complexity index is 458. The number of rotatable bonds is 4. The number of hydrogen-bond acceptors (Lipinski definition) is 4. The number of hydrogen-bond donors (Lipinski definition) is 2. The predicted octanol–water partition coefficient (Wildman–Crippen LogP) is 1.20. The van der Waals surface area contributed by atoms with Crippen LogP contribution in [0.15, 0.2) is 24.3 Å². The maximum atomic E-state index is 11.0. The van der Waals surface area contributed by atoms with Gasteiger partial charge in [-0.2, -0.15) is 0 Å². The van der Waals surface area contributed by atoms with Crippen molar-refractivity contribution in [2.24, 2.45) is 5.92 Å². The van der Waals surface area contributed by atoms with E-state index in [1.54, 1.807) is 12.1 Å². The Morgan fingerprint density at radius 3 is 2.67 bits per heavy atom. The van der Waals surface area contributed by atoms with Gasteiger partial charge in [0, 0.05) is 12.1 Å². The summed E-state index contributed by atoms with van der Waals surface area (Å²) in [5.74, 6) is -0.789. The summed E-state index contributed by atoms with van der Waals surface area (Å²) in [4.78, 5) is 21.1. The van der Waals surface area contributed by atoms with E-state index >= 15 is 0 Å². The van der Waals surface area contributed by atoms with Gasteiger partial charge in [0.25, 0.3) is 5.69 Å². The first-order chi connectivity index (χ1) is 8.58. The number of nitro benzene ring substituents is 1. The second kappa shape index (κ2) is 5.14. The molecular formula is C12H14N2O4. The van der Waals surface area contributed by atoms with Crippen LogP contribution in [0.3, 0.4) is 0 Å². The summed E-state index contributed by atoms with van der Waals surface area (Å²) in [5, 5.41) is 22.5. The third-order valence-electron chi connectivity index (χ3n) is 3.26. The van der Waals surface area contributed by atoms with Crippen molar-refractivity contribution >= 4 is 11.7 Å². The highest BCUT2D eigenvalue weighted by Crippen LogP contribution is 2.22. The number of benzene rings is 1. The van der Waals surface area contributed by atoms with Crippen LogP contribution >= 0.6 is 0 Å². The van der Waals surface area contributed by atoms with Gasteiger partial charge in [-0.25, -0.2) is 0 Å². The van der Waals surface area contributed by atoms with Crippen LogP contribution in [-0.4, -0.2) is 28.6 Å². The lowest BCUT2D eigenvalue weighted by molar-refractivity contribution is -0.384. The summed E-state index contributed by atoms with van der Waals surface area (Å²) in [7, 11) is 0. The van der Waals surface area contributed by atoms with Crippen molar-refractivity contribution in [1.82, 2.24) is 5.32 Å². The van der Waals surface area contributed by atoms with Crippen molar-refractivity contribution < 1.29 is 14.8 Å². The largest absolute Gasteiger partial charge is 0.480 e. The molecule has 1 saturated heterocycles. The van der Waals surface area contributed by atoms with Crippen molar-refractivity contribution in [2.75, 3.05) is 6.54 Å². The zero-order valence-electron chi connectivity index (χ0n) is 9.70. The van der Waals surface area contributed by atoms with Gasteiger partial charge in [-0.05, 0) is 30.9 Å². The summed E-state index contributed by atoms with van der Waals surface area (Å²) in [6, 6.07) is 5.77. The number of aliphatic carboxylic acids is 1. The topological polar surface area (TPSA) is 92.5 Å². The van der Waals surface area contributed by atoms with Crippen molar-refractivity contribution in [1.29, 1.82) is 0 Å². The predicted molar refractivity (Wildman–Crippen MR) is 64.3 cm³/mol. The standard InChI is InChI=1S/C12H14N2O4/c15-12(16)11-9(5-6-13-11)7-8-1-3-10(4-2-8)14(17)18/h1-4,9,11,13H,5-7H2,(H,15,16)/t9?,11-/m0/s1. The fraction of sp³-hybridized carbons (Fsp3) is 0.417. The van der Waals surface area contributed by atoms with E-state index < -0.39 is 16.9 Å². The number of carbonyl (C=O) groups is 1. The molecule has 0 aliphatic carbocycles. The number of nitro groups is 1. The van der Waals surface area contributed by atoms with E-state index in [9.17, 15) is 14.9 Å². The van der Waals surface area contributed by atoms with Gasteiger partial charge >= 0.3 is 5.97 Å². The zero-order chi connectivity index (χ0) is 13.1. The van der Waals surface area contributed by atoms with Gasteiger partial charge < -0.3 is 10.4 Å². The van der Waals surface area contributed by atoms with Gasteiger partial charge in [0.15, 0.2) is 0 Å². The molecule has 1 fully saturated rings. The molecule has 0 bridgehead atoms. The van der Waals surface area contributed by atoms with E-state index in [1.807, 2.05) is 0 Å². The molecule has 0 saturated carbocycles. The Kier molecular flexibility index (Phi) is 3.57. The van der Waals surface area contributed by atoms with E-state index in [1.165, 1.54) is 12.1 Å². The number of carboxylic acids is 1. The average Bonchev–Trinajstić information content (AvgIpc) is 2.78. The van der Waals surface area contributed by atoms with Gasteiger partial charge in [0.2, 0.25) is 0 Å². The van der Waals surface area contributed by atoms with Crippen molar-refractivity contribution in [3.8, 4) is 0 Å². The molecule has 6 heteroatoms. The van der Waals surface area contributed by atoms with Gasteiger partial charge in [0.1, 0.15) is 6.04 Å². The Morgan fingerprint density at radius 1 is 1.44 bits per heavy atom. The Balaban J connectivity index is 2.05. The van der Waals surface area contributed by atoms with E-state index in [4.69, 9.17) is 5.11 Å². The second-order valence-electron chi connectivity index (χ2n) is 4.45. The summed E-state index contributed by atoms with van der Waals surface area (Å²) < 4.78 is 0. The molecule has 1 aromatic rings. The van der Waals surface area contributed by atoms with Crippen LogP contribution in [0.4, 0.5) is 5.69 Å². The fourth-order valence-electron chi connectivity index (χ4n) is 2.32. The highest BCUT2D eigenvalue weighted by molar-refractivity contribution is 5.74. The summed E-state index contributed by atoms with van der Waals surface area (Å²) in [6.07, 6.45) is 1.44. The Morgan fingerprint density at radius 2 is 2.11 bits per heavy atom. The molecule has 18 heavy (non-hydrogen) atoms. The lowest BCUT2D eigenvalue weighted by atomic mass is 9.92. The summed E-state index contributed by atoms with van der Waals surface area (Å²) in [6.45, 7) is 0.703. The third kappa shape index (κ3) is 2.65. The SMILES string of the molecule is O=C(O)[C@H]1NCCC1Cc1ccc([N+](=O)[O-])cc1. The summed E-state index contributed by atoms with van der Waals surface area (Å²) in [5.41, 5.74) is 0.985. The van der Waals surface area contributed by atoms with E-state index in [0.717, 1.165) is 12.0 Å². The molecule has 96 valence electrons. The lowest BCUT2D eigenvalue weighted by Crippen LogP contribution is -2.36. The summed E-state index contributed by atoms with van der Waals surface area (Å²) >= 11 is 0. The highest BCUT2D eigenvalue weighted by atomic mass is 16.6. The minimum atomic E-state index is -0.834. The second-order valence-corrected chi connectivity index (χ2v) is 4.45. The molecule has 0 amide bonds. The molecule has 2 atom stereocenters. The van der Waals surface area contributed by atoms with Gasteiger partial charge in [0.05, 0.1) is 4.92 Å². The van der Waals surface area contributed by atoms with Gasteiger partial charge in [-0.15, -0.1) is 0 Å². The van der Waals surface area contributed by atoms with Crippen molar-refractivity contribution in [3.05, 3.63) is 39.9 Å². The number of carboxylic acid groups (broad SMARTS) is 1. The van der Waals surface area contributed by atoms with Crippen LogP contribution in [0.25, 0.3) is 0 Å². The molecule has 2 N–H and O–H groups in total. The highest BCUT2D eigenvalue weighted by Gasteiger charge is 2.32. The molecule has 1 aromatic carbocycles. The van der Waals surface area contributed by atoms with Crippen LogP contribution < -0.4 is 5.32 Å². The van der Waals surface area contributed by atoms with Crippen LogP contribution in [0.1, 0.15) is 12.0 Å². The molecule has 0 spiro atoms. The molecule has 2 rings (SSSR count). The molecule has 1 aliphatic heterocycles. The minimum Gasteiger partial charge on any atom is -0.480 e. The van der Waals surface area contributed by atoms with Crippen LogP contribution in [0, 0.1) is 16.0 Å². The van der Waals surface area contributed by atoms with Crippen LogP contribution in [0.5, 0.6) is 0 Å². The molecule has 1 aliphatic rings. The normalized spacial score (nSPS) is 22.9. The first kappa shape index (κ1) is 12.5. The first-order valence-corrected chi connectivity index (χ1v) is 5.77. The van der Waals surface area contributed by atoms with Crippen molar-refractivity contribution in [3.63, 3.8) is 0 Å². The molecule has 1 unspecified atom stereocenters. The zero-order valence-corrected chi connectivity index (χ0v) is 9.70. The van der Waals surface area contributed by atoms with Gasteiger partial charge in [-0.1, -0.05) is 12.1 Å². The van der Waals surface area contributed by atoms with Crippen LogP contribution in [0.2, 0.25) is 0 Å². The number of nitrogens with one attached hydrogen (secondary N) is 1. The minimum absolute atomic E-state index is 0.0453. The maximum Gasteiger partial charge on any atom is 0.320 e.